The van der Waals surface area contributed by atoms with Crippen LogP contribution in [-0.4, -0.2) is 48.2 Å². The van der Waals surface area contributed by atoms with Crippen molar-refractivity contribution in [2.45, 2.75) is 20.0 Å². The maximum Gasteiger partial charge on any atom is 0.126 e. The van der Waals surface area contributed by atoms with Gasteiger partial charge in [-0.1, -0.05) is 0 Å². The van der Waals surface area contributed by atoms with Crippen LogP contribution >= 0.6 is 0 Å². The van der Waals surface area contributed by atoms with Gasteiger partial charge in [0.05, 0.1) is 0 Å². The van der Waals surface area contributed by atoms with Crippen LogP contribution in [0.3, 0.4) is 0 Å². The molecule has 0 bridgehead atoms. The molecule has 1 rings (SSSR count). The normalized spacial score (nSPS) is 11.5. The van der Waals surface area contributed by atoms with Gasteiger partial charge < -0.3 is 20.0 Å². The Morgan fingerprint density at radius 2 is 1.24 bits per heavy atom. The molecule has 0 aromatic heterocycles. The van der Waals surface area contributed by atoms with Crippen molar-refractivity contribution in [3.05, 3.63) is 22.8 Å². The summed E-state index contributed by atoms with van der Waals surface area (Å²) >= 11 is 0. The van der Waals surface area contributed by atoms with Crippen LogP contribution in [0, 0.1) is 6.92 Å². The van der Waals surface area contributed by atoms with Crippen molar-refractivity contribution in [3.8, 4) is 11.5 Å². The predicted molar refractivity (Wildman–Crippen MR) is 69.3 cm³/mol. The Morgan fingerprint density at radius 3 is 1.53 bits per heavy atom. The first-order valence-corrected chi connectivity index (χ1v) is 5.65. The fourth-order valence-corrected chi connectivity index (χ4v) is 1.86. The van der Waals surface area contributed by atoms with E-state index < -0.39 is 0 Å². The summed E-state index contributed by atoms with van der Waals surface area (Å²) in [4.78, 5) is 3.98. The van der Waals surface area contributed by atoms with Crippen molar-refractivity contribution >= 4 is 0 Å². The van der Waals surface area contributed by atoms with E-state index >= 15 is 0 Å². The molecule has 0 saturated carbocycles. The van der Waals surface area contributed by atoms with Crippen LogP contribution in [0.1, 0.15) is 16.7 Å². The minimum atomic E-state index is 0.193. The number of benzene rings is 1. The number of phenols is 2. The van der Waals surface area contributed by atoms with Gasteiger partial charge in [0.1, 0.15) is 11.5 Å². The van der Waals surface area contributed by atoms with E-state index in [4.69, 9.17) is 0 Å². The lowest BCUT2D eigenvalue weighted by atomic mass is 10.0. The summed E-state index contributed by atoms with van der Waals surface area (Å²) in [7, 11) is 7.81. The van der Waals surface area contributed by atoms with E-state index in [0.29, 0.717) is 18.7 Å². The highest BCUT2D eigenvalue weighted by Gasteiger charge is 2.14. The summed E-state index contributed by atoms with van der Waals surface area (Å²) in [6, 6.07) is 1.87. The highest BCUT2D eigenvalue weighted by molar-refractivity contribution is 5.52. The molecule has 0 aliphatic heterocycles. The van der Waals surface area contributed by atoms with E-state index in [1.807, 2.05) is 44.1 Å². The van der Waals surface area contributed by atoms with Crippen LogP contribution in [0.2, 0.25) is 0 Å². The zero-order valence-corrected chi connectivity index (χ0v) is 11.3. The van der Waals surface area contributed by atoms with Gasteiger partial charge in [0.2, 0.25) is 0 Å². The molecule has 2 N–H and O–H groups in total. The van der Waals surface area contributed by atoms with E-state index in [0.717, 1.165) is 11.1 Å². The molecule has 96 valence electrons. The quantitative estimate of drug-likeness (QED) is 0.835. The summed E-state index contributed by atoms with van der Waals surface area (Å²) < 4.78 is 0. The third-order valence-corrected chi connectivity index (χ3v) is 2.64. The Kier molecular flexibility index (Phi) is 4.37. The lowest BCUT2D eigenvalue weighted by Crippen LogP contribution is -2.14. The Balaban J connectivity index is 3.19. The number of hydrogen-bond acceptors (Lipinski definition) is 4. The van der Waals surface area contributed by atoms with Gasteiger partial charge in [0.15, 0.2) is 0 Å². The molecule has 4 heteroatoms. The lowest BCUT2D eigenvalue weighted by Gasteiger charge is -2.18. The molecule has 0 amide bonds. The van der Waals surface area contributed by atoms with Crippen molar-refractivity contribution in [1.29, 1.82) is 0 Å². The maximum atomic E-state index is 9.99. The summed E-state index contributed by atoms with van der Waals surface area (Å²) in [6.45, 7) is 3.06. The van der Waals surface area contributed by atoms with Gasteiger partial charge in [-0.05, 0) is 41.2 Å². The summed E-state index contributed by atoms with van der Waals surface area (Å²) in [6.07, 6.45) is 0. The highest BCUT2D eigenvalue weighted by atomic mass is 16.3. The molecule has 0 radical (unpaired) electrons. The molecule has 17 heavy (non-hydrogen) atoms. The SMILES string of the molecule is Cc1c(O)c(CN(C)C)cc(CN(C)C)c1O. The monoisotopic (exact) mass is 238 g/mol. The average Bonchev–Trinajstić information content (AvgIpc) is 2.20. The minimum Gasteiger partial charge on any atom is -0.507 e. The van der Waals surface area contributed by atoms with E-state index in [1.165, 1.54) is 0 Å². The summed E-state index contributed by atoms with van der Waals surface area (Å²) in [5.74, 6) is 0.386. The van der Waals surface area contributed by atoms with Crippen LogP contribution in [-0.2, 0) is 13.1 Å². The number of rotatable bonds is 4. The second-order valence-electron chi connectivity index (χ2n) is 4.99. The lowest BCUT2D eigenvalue weighted by molar-refractivity contribution is 0.369. The van der Waals surface area contributed by atoms with E-state index in [1.54, 1.807) is 6.92 Å². The Morgan fingerprint density at radius 1 is 0.882 bits per heavy atom. The fraction of sp³-hybridized carbons (Fsp3) is 0.538. The standard InChI is InChI=1S/C13H22N2O2/c1-9-12(16)10(7-14(2)3)6-11(13(9)17)8-15(4)5/h6,16-17H,7-8H2,1-5H3. The molecule has 0 fully saturated rings. The molecule has 0 aliphatic rings. The van der Waals surface area contributed by atoms with Crippen molar-refractivity contribution < 1.29 is 10.2 Å². The molecule has 0 unspecified atom stereocenters. The zero-order valence-electron chi connectivity index (χ0n) is 11.3. The average molecular weight is 238 g/mol. The van der Waals surface area contributed by atoms with Gasteiger partial charge in [-0.3, -0.25) is 0 Å². The van der Waals surface area contributed by atoms with Crippen LogP contribution < -0.4 is 0 Å². The molecule has 4 nitrogen and oxygen atoms in total. The molecule has 0 spiro atoms. The van der Waals surface area contributed by atoms with Crippen molar-refractivity contribution in [1.82, 2.24) is 9.80 Å². The fourth-order valence-electron chi connectivity index (χ4n) is 1.86. The van der Waals surface area contributed by atoms with Crippen molar-refractivity contribution in [3.63, 3.8) is 0 Å². The van der Waals surface area contributed by atoms with Crippen molar-refractivity contribution in [2.24, 2.45) is 0 Å². The first-order chi connectivity index (χ1) is 7.82. The molecule has 1 aromatic carbocycles. The maximum absolute atomic E-state index is 9.99. The molecule has 0 saturated heterocycles. The Labute approximate surface area is 103 Å². The highest BCUT2D eigenvalue weighted by Crippen LogP contribution is 2.34. The van der Waals surface area contributed by atoms with Crippen LogP contribution in [0.25, 0.3) is 0 Å². The Hall–Kier alpha value is -1.26. The summed E-state index contributed by atoms with van der Waals surface area (Å²) in [5, 5.41) is 20.0. The number of nitrogens with zero attached hydrogens (tertiary/aromatic N) is 2. The zero-order chi connectivity index (χ0) is 13.2. The molecular formula is C13H22N2O2. The number of phenolic OH excluding ortho intramolecular Hbond substituents is 2. The Bertz CT molecular complexity index is 367. The van der Waals surface area contributed by atoms with Gasteiger partial charge >= 0.3 is 0 Å². The predicted octanol–water partition coefficient (Wildman–Crippen LogP) is 1.53. The van der Waals surface area contributed by atoms with Gasteiger partial charge in [-0.2, -0.15) is 0 Å². The molecule has 0 atom stereocenters. The topological polar surface area (TPSA) is 46.9 Å². The number of hydrogen-bond donors (Lipinski definition) is 2. The van der Waals surface area contributed by atoms with Crippen molar-refractivity contribution in [2.75, 3.05) is 28.2 Å². The van der Waals surface area contributed by atoms with Gasteiger partial charge in [-0.25, -0.2) is 0 Å². The minimum absolute atomic E-state index is 0.193. The molecule has 0 aliphatic carbocycles. The number of aromatic hydroxyl groups is 2. The first-order valence-electron chi connectivity index (χ1n) is 5.65. The molecular weight excluding hydrogens is 216 g/mol. The second-order valence-corrected chi connectivity index (χ2v) is 4.99. The van der Waals surface area contributed by atoms with Crippen LogP contribution in [0.15, 0.2) is 6.07 Å². The molecule has 1 aromatic rings. The van der Waals surface area contributed by atoms with E-state index in [-0.39, 0.29) is 11.5 Å². The van der Waals surface area contributed by atoms with Crippen LogP contribution in [0.4, 0.5) is 0 Å². The van der Waals surface area contributed by atoms with E-state index in [2.05, 4.69) is 0 Å². The van der Waals surface area contributed by atoms with Gasteiger partial charge in [0, 0.05) is 29.8 Å². The second kappa shape index (κ2) is 5.38. The van der Waals surface area contributed by atoms with E-state index in [9.17, 15) is 10.2 Å². The van der Waals surface area contributed by atoms with Gasteiger partial charge in [0.25, 0.3) is 0 Å². The third kappa shape index (κ3) is 3.35. The molecule has 0 heterocycles. The first kappa shape index (κ1) is 13.8. The third-order valence-electron chi connectivity index (χ3n) is 2.64. The summed E-state index contributed by atoms with van der Waals surface area (Å²) in [5.41, 5.74) is 2.26. The van der Waals surface area contributed by atoms with Gasteiger partial charge in [-0.15, -0.1) is 0 Å². The van der Waals surface area contributed by atoms with Crippen LogP contribution in [0.5, 0.6) is 11.5 Å². The smallest absolute Gasteiger partial charge is 0.126 e. The largest absolute Gasteiger partial charge is 0.507 e.